The van der Waals surface area contributed by atoms with Crippen LogP contribution in [0.3, 0.4) is 0 Å². The van der Waals surface area contributed by atoms with Crippen molar-refractivity contribution in [2.45, 2.75) is 0 Å². The number of benzene rings is 2. The largest absolute Gasteiger partial charge is 0.486 e. The Balaban J connectivity index is 1.54. The Kier molecular flexibility index (Phi) is 7.25. The van der Waals surface area contributed by atoms with E-state index in [4.69, 9.17) is 35.9 Å². The molecule has 8 nitrogen and oxygen atoms in total. The van der Waals surface area contributed by atoms with Gasteiger partial charge in [-0.25, -0.2) is 14.1 Å². The number of hydrogen-bond acceptors (Lipinski definition) is 5. The first-order valence-corrected chi connectivity index (χ1v) is 13.4. The number of nitrogens with zero attached hydrogens (tertiary/aromatic N) is 3. The fourth-order valence-corrected chi connectivity index (χ4v) is 8.54. The Morgan fingerprint density at radius 2 is 1.39 bits per heavy atom. The van der Waals surface area contributed by atoms with E-state index in [2.05, 4.69) is 38.9 Å². The van der Waals surface area contributed by atoms with Gasteiger partial charge in [-0.2, -0.15) is 0 Å². The summed E-state index contributed by atoms with van der Waals surface area (Å²) in [6.45, 7) is 7.14. The summed E-state index contributed by atoms with van der Waals surface area (Å²) >= 11 is 5.84. The van der Waals surface area contributed by atoms with Crippen LogP contribution >= 0.6 is 19.6 Å². The molecule has 3 aliphatic heterocycles. The van der Waals surface area contributed by atoms with Crippen LogP contribution in [-0.2, 0) is 9.47 Å². The number of nitrogens with one attached hydrogen (secondary N) is 1. The van der Waals surface area contributed by atoms with E-state index in [9.17, 15) is 0 Å². The summed E-state index contributed by atoms with van der Waals surface area (Å²) in [4.78, 5) is 0. The fourth-order valence-electron chi connectivity index (χ4n) is 4.38. The van der Waals surface area contributed by atoms with Crippen molar-refractivity contribution < 1.29 is 18.9 Å². The van der Waals surface area contributed by atoms with Gasteiger partial charge in [-0.05, 0) is 24.4 Å². The standard InChI is InChI=1S/C23H29N4O4PS/c33-23(24-19-6-7-21-22(18-19)31-17-16-30-21)25-32(20-4-2-1-3-5-20,26-8-12-28-13-9-26)27-10-14-29-15-11-27/h1-7,18H,8-17H2,(H,24,33). The zero-order valence-electron chi connectivity index (χ0n) is 18.5. The topological polar surface area (TPSA) is 67.8 Å². The van der Waals surface area contributed by atoms with Crippen molar-refractivity contribution in [2.24, 2.45) is 4.74 Å². The average Bonchev–Trinajstić information content (AvgIpc) is 2.89. The second-order valence-electron chi connectivity index (χ2n) is 7.92. The zero-order chi connectivity index (χ0) is 22.5. The van der Waals surface area contributed by atoms with E-state index in [1.807, 2.05) is 24.3 Å². The van der Waals surface area contributed by atoms with Gasteiger partial charge in [-0.15, -0.1) is 0 Å². The number of hydrogen-bond donors (Lipinski definition) is 1. The van der Waals surface area contributed by atoms with Gasteiger partial charge < -0.3 is 24.3 Å². The summed E-state index contributed by atoms with van der Waals surface area (Å²) < 4.78 is 33.0. The van der Waals surface area contributed by atoms with Gasteiger partial charge in [-0.1, -0.05) is 30.3 Å². The Hall–Kier alpha value is -2.00. The van der Waals surface area contributed by atoms with E-state index in [0.717, 1.165) is 43.4 Å². The maximum absolute atomic E-state index is 5.84. The monoisotopic (exact) mass is 488 g/mol. The average molecular weight is 489 g/mol. The van der Waals surface area contributed by atoms with Crippen LogP contribution in [0.15, 0.2) is 53.3 Å². The van der Waals surface area contributed by atoms with E-state index >= 15 is 0 Å². The predicted octanol–water partition coefficient (Wildman–Crippen LogP) is 3.18. The molecule has 0 radical (unpaired) electrons. The van der Waals surface area contributed by atoms with Gasteiger partial charge in [0.15, 0.2) is 16.6 Å². The molecule has 0 atom stereocenters. The van der Waals surface area contributed by atoms with Crippen LogP contribution < -0.4 is 20.1 Å². The maximum Gasteiger partial charge on any atom is 0.198 e. The molecule has 2 aromatic carbocycles. The minimum absolute atomic E-state index is 0.460. The molecule has 2 aromatic rings. The number of thiocarbonyl (C=S) groups is 1. The minimum Gasteiger partial charge on any atom is -0.486 e. The molecule has 10 heteroatoms. The third-order valence-electron chi connectivity index (χ3n) is 5.89. The second kappa shape index (κ2) is 10.5. The third kappa shape index (κ3) is 4.94. The molecular formula is C23H29N4O4PS. The molecule has 33 heavy (non-hydrogen) atoms. The summed E-state index contributed by atoms with van der Waals surface area (Å²) in [7, 11) is -2.34. The molecule has 0 amide bonds. The van der Waals surface area contributed by atoms with Crippen molar-refractivity contribution in [1.29, 1.82) is 0 Å². The normalized spacial score (nSPS) is 19.6. The molecule has 2 fully saturated rings. The van der Waals surface area contributed by atoms with E-state index in [1.165, 1.54) is 5.30 Å². The highest BCUT2D eigenvalue weighted by molar-refractivity contribution is 7.81. The van der Waals surface area contributed by atoms with Crippen LogP contribution in [0.2, 0.25) is 0 Å². The van der Waals surface area contributed by atoms with E-state index in [-0.39, 0.29) is 0 Å². The van der Waals surface area contributed by atoms with E-state index in [1.54, 1.807) is 0 Å². The predicted molar refractivity (Wildman–Crippen MR) is 134 cm³/mol. The molecule has 176 valence electrons. The van der Waals surface area contributed by atoms with Gasteiger partial charge in [0.2, 0.25) is 0 Å². The Morgan fingerprint density at radius 3 is 2.03 bits per heavy atom. The van der Waals surface area contributed by atoms with E-state index < -0.39 is 7.36 Å². The Bertz CT molecular complexity index is 1000. The van der Waals surface area contributed by atoms with Gasteiger partial charge >= 0.3 is 0 Å². The van der Waals surface area contributed by atoms with Crippen LogP contribution in [-0.4, -0.2) is 80.3 Å². The van der Waals surface area contributed by atoms with E-state index in [0.29, 0.717) is 44.8 Å². The first-order chi connectivity index (χ1) is 16.3. The summed E-state index contributed by atoms with van der Waals surface area (Å²) in [6, 6.07) is 16.3. The third-order valence-corrected chi connectivity index (χ3v) is 10.1. The number of anilines is 1. The molecule has 0 unspecified atom stereocenters. The molecular weight excluding hydrogens is 459 g/mol. The van der Waals surface area contributed by atoms with Crippen LogP contribution in [0, 0.1) is 0 Å². The smallest absolute Gasteiger partial charge is 0.198 e. The lowest BCUT2D eigenvalue weighted by molar-refractivity contribution is 0.0579. The van der Waals surface area contributed by atoms with Crippen molar-refractivity contribution >= 4 is 35.7 Å². The SMILES string of the molecule is S=C(N=P(c1ccccc1)(N1CCOCC1)N1CCOCC1)Nc1ccc2c(c1)OCCO2. The lowest BCUT2D eigenvalue weighted by atomic mass is 10.2. The van der Waals surface area contributed by atoms with Gasteiger partial charge in [0.25, 0.3) is 0 Å². The van der Waals surface area contributed by atoms with Crippen LogP contribution in [0.5, 0.6) is 11.5 Å². The van der Waals surface area contributed by atoms with Crippen molar-refractivity contribution in [1.82, 2.24) is 9.34 Å². The summed E-state index contributed by atoms with van der Waals surface area (Å²) in [5.41, 5.74) is 0.836. The Morgan fingerprint density at radius 1 is 0.788 bits per heavy atom. The lowest BCUT2D eigenvalue weighted by Gasteiger charge is -2.46. The second-order valence-corrected chi connectivity index (χ2v) is 11.3. The van der Waals surface area contributed by atoms with Crippen LogP contribution in [0.1, 0.15) is 0 Å². The summed E-state index contributed by atoms with van der Waals surface area (Å²) in [6.07, 6.45) is 0. The molecule has 2 saturated heterocycles. The van der Waals surface area contributed by atoms with Crippen molar-refractivity contribution in [3.05, 3.63) is 48.5 Å². The maximum atomic E-state index is 5.84. The highest BCUT2D eigenvalue weighted by Crippen LogP contribution is 2.56. The number of rotatable bonds is 4. The molecule has 3 heterocycles. The highest BCUT2D eigenvalue weighted by atomic mass is 32.1. The lowest BCUT2D eigenvalue weighted by Crippen LogP contribution is -2.46. The first kappa shape index (κ1) is 22.8. The number of morpholine rings is 2. The molecule has 0 aromatic heterocycles. The molecule has 3 aliphatic rings. The minimum atomic E-state index is -2.34. The molecule has 0 spiro atoms. The van der Waals surface area contributed by atoms with Crippen molar-refractivity contribution in [3.8, 4) is 11.5 Å². The first-order valence-electron chi connectivity index (χ1n) is 11.3. The highest BCUT2D eigenvalue weighted by Gasteiger charge is 2.38. The Labute approximate surface area is 199 Å². The van der Waals surface area contributed by atoms with Crippen molar-refractivity contribution in [2.75, 3.05) is 71.1 Å². The molecule has 5 rings (SSSR count). The fraction of sp³-hybridized carbons (Fsp3) is 0.435. The molecule has 1 N–H and O–H groups in total. The summed E-state index contributed by atoms with van der Waals surface area (Å²) in [5, 5.41) is 4.99. The molecule has 0 aliphatic carbocycles. The van der Waals surface area contributed by atoms with Crippen molar-refractivity contribution in [3.63, 3.8) is 0 Å². The van der Waals surface area contributed by atoms with Crippen LogP contribution in [0.4, 0.5) is 5.69 Å². The zero-order valence-corrected chi connectivity index (χ0v) is 20.2. The molecule has 0 bridgehead atoms. The van der Waals surface area contributed by atoms with Gasteiger partial charge in [-0.3, -0.25) is 0 Å². The van der Waals surface area contributed by atoms with Gasteiger partial charge in [0.05, 0.1) is 26.4 Å². The molecule has 0 saturated carbocycles. The number of ether oxygens (including phenoxy) is 4. The summed E-state index contributed by atoms with van der Waals surface area (Å²) in [5.74, 6) is 1.47. The van der Waals surface area contributed by atoms with Gasteiger partial charge in [0.1, 0.15) is 20.6 Å². The quantitative estimate of drug-likeness (QED) is 0.520. The number of fused-ring (bicyclic) bond motifs is 1. The van der Waals surface area contributed by atoms with Gasteiger partial charge in [0, 0.05) is 43.2 Å². The van der Waals surface area contributed by atoms with Crippen LogP contribution in [0.25, 0.3) is 0 Å².